The Morgan fingerprint density at radius 2 is 1.90 bits per heavy atom. The van der Waals surface area contributed by atoms with Crippen molar-refractivity contribution in [2.24, 2.45) is 0 Å². The van der Waals surface area contributed by atoms with Gasteiger partial charge in [0, 0.05) is 17.7 Å². The minimum Gasteiger partial charge on any atom is -0.487 e. The Labute approximate surface area is 128 Å². The number of nitro benzene ring substituents is 1. The predicted octanol–water partition coefficient (Wildman–Crippen LogP) is 4.06. The summed E-state index contributed by atoms with van der Waals surface area (Å²) in [5, 5.41) is 14.6. The molecule has 0 amide bonds. The second-order valence-electron chi connectivity index (χ2n) is 5.37. The molecule has 0 bridgehead atoms. The van der Waals surface area contributed by atoms with E-state index in [1.165, 1.54) is 12.1 Å². The lowest BCUT2D eigenvalue weighted by atomic mass is 10.1. The van der Waals surface area contributed by atoms with Crippen LogP contribution in [-0.4, -0.2) is 23.6 Å². The molecule has 1 N–H and O–H groups in total. The Morgan fingerprint density at radius 1 is 1.30 bits per heavy atom. The van der Waals surface area contributed by atoms with Crippen molar-refractivity contribution in [2.75, 3.05) is 13.2 Å². The van der Waals surface area contributed by atoms with Crippen LogP contribution in [0.25, 0.3) is 0 Å². The summed E-state index contributed by atoms with van der Waals surface area (Å²) >= 11 is 11.6. The number of ether oxygens (including phenoxy) is 1. The summed E-state index contributed by atoms with van der Waals surface area (Å²) in [6.07, 6.45) is 0.731. The number of nitrogens with one attached hydrogen (secondary N) is 1. The molecule has 112 valence electrons. The number of hydrogen-bond donors (Lipinski definition) is 1. The molecule has 0 spiro atoms. The monoisotopic (exact) mass is 320 g/mol. The van der Waals surface area contributed by atoms with Gasteiger partial charge in [0.15, 0.2) is 5.75 Å². The zero-order valence-electron chi connectivity index (χ0n) is 11.7. The van der Waals surface area contributed by atoms with Crippen LogP contribution in [0.2, 0.25) is 10.0 Å². The summed E-state index contributed by atoms with van der Waals surface area (Å²) in [5.41, 5.74) is -0.140. The van der Waals surface area contributed by atoms with Crippen molar-refractivity contribution in [1.82, 2.24) is 5.32 Å². The van der Waals surface area contributed by atoms with Crippen LogP contribution in [0.15, 0.2) is 12.1 Å². The molecule has 0 aliphatic heterocycles. The number of rotatable bonds is 6. The molecule has 0 heterocycles. The normalized spacial score (nSPS) is 11.4. The maximum atomic E-state index is 10.9. The lowest BCUT2D eigenvalue weighted by molar-refractivity contribution is -0.385. The molecule has 0 saturated heterocycles. The number of hydrogen-bond acceptors (Lipinski definition) is 4. The van der Waals surface area contributed by atoms with Gasteiger partial charge in [-0.1, -0.05) is 23.2 Å². The van der Waals surface area contributed by atoms with E-state index in [-0.39, 0.29) is 27.0 Å². The van der Waals surface area contributed by atoms with Crippen molar-refractivity contribution in [3.8, 4) is 5.75 Å². The molecule has 0 fully saturated rings. The van der Waals surface area contributed by atoms with Crippen LogP contribution in [0.5, 0.6) is 5.75 Å². The topological polar surface area (TPSA) is 64.4 Å². The average molecular weight is 321 g/mol. The smallest absolute Gasteiger partial charge is 0.312 e. The maximum absolute atomic E-state index is 10.9. The Bertz CT molecular complexity index is 487. The third-order valence-corrected chi connectivity index (χ3v) is 3.15. The van der Waals surface area contributed by atoms with Gasteiger partial charge in [-0.2, -0.15) is 0 Å². The minimum atomic E-state index is -0.537. The van der Waals surface area contributed by atoms with Crippen LogP contribution in [-0.2, 0) is 0 Å². The first-order valence-corrected chi connectivity index (χ1v) is 6.97. The molecule has 0 saturated carbocycles. The summed E-state index contributed by atoms with van der Waals surface area (Å²) in [7, 11) is 0. The van der Waals surface area contributed by atoms with Crippen LogP contribution in [0.3, 0.4) is 0 Å². The SMILES string of the molecule is CC(C)(C)NCCCOc1cc(Cl)c(Cl)cc1[N+](=O)[O-]. The Morgan fingerprint density at radius 3 is 2.45 bits per heavy atom. The third-order valence-electron chi connectivity index (χ3n) is 2.43. The minimum absolute atomic E-state index is 0.0373. The maximum Gasteiger partial charge on any atom is 0.312 e. The van der Waals surface area contributed by atoms with Crippen molar-refractivity contribution in [2.45, 2.75) is 32.7 Å². The molecule has 20 heavy (non-hydrogen) atoms. The summed E-state index contributed by atoms with van der Waals surface area (Å²) in [6.45, 7) is 7.33. The summed E-state index contributed by atoms with van der Waals surface area (Å²) < 4.78 is 5.42. The number of nitrogens with zero attached hydrogens (tertiary/aromatic N) is 1. The van der Waals surface area contributed by atoms with Crippen LogP contribution in [0.4, 0.5) is 5.69 Å². The van der Waals surface area contributed by atoms with E-state index >= 15 is 0 Å². The molecule has 7 heteroatoms. The second-order valence-corrected chi connectivity index (χ2v) is 6.18. The van der Waals surface area contributed by atoms with E-state index in [1.54, 1.807) is 0 Å². The van der Waals surface area contributed by atoms with Crippen molar-refractivity contribution < 1.29 is 9.66 Å². The van der Waals surface area contributed by atoms with Gasteiger partial charge in [0.25, 0.3) is 0 Å². The molecule has 0 aliphatic rings. The van der Waals surface area contributed by atoms with Crippen LogP contribution in [0.1, 0.15) is 27.2 Å². The molecule has 0 atom stereocenters. The van der Waals surface area contributed by atoms with Gasteiger partial charge in [0.2, 0.25) is 0 Å². The van der Waals surface area contributed by atoms with Gasteiger partial charge >= 0.3 is 5.69 Å². The largest absolute Gasteiger partial charge is 0.487 e. The number of nitro groups is 1. The molecule has 5 nitrogen and oxygen atoms in total. The van der Waals surface area contributed by atoms with E-state index in [0.29, 0.717) is 6.61 Å². The zero-order valence-corrected chi connectivity index (χ0v) is 13.2. The average Bonchev–Trinajstić information content (AvgIpc) is 2.31. The zero-order chi connectivity index (χ0) is 15.3. The Hall–Kier alpha value is -1.04. The molecule has 1 aromatic carbocycles. The van der Waals surface area contributed by atoms with E-state index < -0.39 is 4.92 Å². The van der Waals surface area contributed by atoms with Gasteiger partial charge in [-0.3, -0.25) is 10.1 Å². The third kappa shape index (κ3) is 5.53. The van der Waals surface area contributed by atoms with Crippen molar-refractivity contribution >= 4 is 28.9 Å². The van der Waals surface area contributed by atoms with Gasteiger partial charge in [-0.05, 0) is 33.7 Å². The lowest BCUT2D eigenvalue weighted by Crippen LogP contribution is -2.36. The number of benzene rings is 1. The van der Waals surface area contributed by atoms with Crippen LogP contribution < -0.4 is 10.1 Å². The highest BCUT2D eigenvalue weighted by Crippen LogP contribution is 2.35. The predicted molar refractivity (Wildman–Crippen MR) is 81.0 cm³/mol. The molecule has 0 unspecified atom stereocenters. The molecular formula is C13H18Cl2N2O3. The van der Waals surface area contributed by atoms with E-state index in [1.807, 2.05) is 0 Å². The van der Waals surface area contributed by atoms with Crippen molar-refractivity contribution in [1.29, 1.82) is 0 Å². The Kier molecular flexibility index (Phi) is 6.05. The lowest BCUT2D eigenvalue weighted by Gasteiger charge is -2.20. The quantitative estimate of drug-likeness (QED) is 0.487. The van der Waals surface area contributed by atoms with Gasteiger partial charge in [-0.15, -0.1) is 0 Å². The van der Waals surface area contributed by atoms with Gasteiger partial charge in [-0.25, -0.2) is 0 Å². The first kappa shape index (κ1) is 17.0. The van der Waals surface area contributed by atoms with E-state index in [9.17, 15) is 10.1 Å². The fourth-order valence-corrected chi connectivity index (χ4v) is 1.81. The molecule has 1 rings (SSSR count). The fraction of sp³-hybridized carbons (Fsp3) is 0.538. The highest BCUT2D eigenvalue weighted by molar-refractivity contribution is 6.42. The molecule has 1 aromatic rings. The molecule has 0 radical (unpaired) electrons. The van der Waals surface area contributed by atoms with E-state index in [4.69, 9.17) is 27.9 Å². The molecule has 0 aromatic heterocycles. The van der Waals surface area contributed by atoms with E-state index in [0.717, 1.165) is 13.0 Å². The van der Waals surface area contributed by atoms with Crippen molar-refractivity contribution in [3.63, 3.8) is 0 Å². The first-order valence-electron chi connectivity index (χ1n) is 6.22. The molecule has 0 aliphatic carbocycles. The second kappa shape index (κ2) is 7.11. The number of halogens is 2. The van der Waals surface area contributed by atoms with Gasteiger partial charge in [0.05, 0.1) is 21.6 Å². The summed E-state index contributed by atoms with van der Waals surface area (Å²) in [6, 6.07) is 2.58. The van der Waals surface area contributed by atoms with E-state index in [2.05, 4.69) is 26.1 Å². The van der Waals surface area contributed by atoms with Crippen molar-refractivity contribution in [3.05, 3.63) is 32.3 Å². The van der Waals surface area contributed by atoms with Gasteiger partial charge in [0.1, 0.15) is 0 Å². The Balaban J connectivity index is 2.59. The first-order chi connectivity index (χ1) is 9.20. The van der Waals surface area contributed by atoms with Crippen LogP contribution in [0, 0.1) is 10.1 Å². The molecular weight excluding hydrogens is 303 g/mol. The summed E-state index contributed by atoms with van der Waals surface area (Å²) in [4.78, 5) is 10.4. The van der Waals surface area contributed by atoms with Crippen LogP contribution >= 0.6 is 23.2 Å². The van der Waals surface area contributed by atoms with Gasteiger partial charge < -0.3 is 10.1 Å². The highest BCUT2D eigenvalue weighted by Gasteiger charge is 2.18. The highest BCUT2D eigenvalue weighted by atomic mass is 35.5. The standard InChI is InChI=1S/C13H18Cl2N2O3/c1-13(2,3)16-5-4-6-20-12-8-10(15)9(14)7-11(12)17(18)19/h7-8,16H,4-6H2,1-3H3. The fourth-order valence-electron chi connectivity index (χ4n) is 1.49. The summed E-state index contributed by atoms with van der Waals surface area (Å²) in [5.74, 6) is 0.139.